The van der Waals surface area contributed by atoms with E-state index in [4.69, 9.17) is 4.98 Å². The molecule has 0 aliphatic carbocycles. The molecule has 0 bridgehead atoms. The first-order chi connectivity index (χ1) is 17.8. The number of pyridine rings is 3. The number of rotatable bonds is 8. The van der Waals surface area contributed by atoms with Crippen LogP contribution >= 0.6 is 0 Å². The Kier molecular flexibility index (Phi) is 8.19. The van der Waals surface area contributed by atoms with Crippen molar-refractivity contribution in [2.24, 2.45) is 9.98 Å². The van der Waals surface area contributed by atoms with E-state index in [0.717, 1.165) is 43.1 Å². The quantitative estimate of drug-likeness (QED) is 0.457. The maximum Gasteiger partial charge on any atom is 0.257 e. The number of fused-ring (bicyclic) bond motifs is 1. The van der Waals surface area contributed by atoms with Crippen LogP contribution in [0.3, 0.4) is 0 Å². The van der Waals surface area contributed by atoms with Crippen LogP contribution in [0.2, 0.25) is 0 Å². The van der Waals surface area contributed by atoms with E-state index in [1.165, 1.54) is 0 Å². The smallest absolute Gasteiger partial charge is 0.257 e. The number of likely N-dealkylation sites (N-methyl/N-ethyl adjacent to an activating group) is 1. The molecule has 0 saturated carbocycles. The molecular formula is C27H33N9O. The number of aromatic nitrogens is 3. The number of hydrogen-bond donors (Lipinski definition) is 2. The molecule has 0 atom stereocenters. The number of hydrogen-bond acceptors (Lipinski definition) is 9. The average Bonchev–Trinajstić information content (AvgIpc) is 2.88. The number of aliphatic imine (C=N–C) groups is 2. The van der Waals surface area contributed by atoms with E-state index < -0.39 is 0 Å². The van der Waals surface area contributed by atoms with Crippen LogP contribution in [-0.2, 0) is 0 Å². The van der Waals surface area contributed by atoms with Crippen LogP contribution in [0.4, 0.5) is 11.6 Å². The van der Waals surface area contributed by atoms with Gasteiger partial charge < -0.3 is 20.4 Å². The van der Waals surface area contributed by atoms with Gasteiger partial charge in [-0.25, -0.2) is 19.9 Å². The second-order valence-corrected chi connectivity index (χ2v) is 9.30. The molecule has 1 saturated heterocycles. The molecule has 1 amide bonds. The first-order valence-corrected chi connectivity index (χ1v) is 12.3. The normalized spacial score (nSPS) is 15.2. The van der Waals surface area contributed by atoms with Crippen molar-refractivity contribution in [2.75, 3.05) is 43.4 Å². The Morgan fingerprint density at radius 1 is 1.14 bits per heavy atom. The summed E-state index contributed by atoms with van der Waals surface area (Å²) in [5.74, 6) is 1.60. The molecule has 192 valence electrons. The SMILES string of the molecule is C=N/C=C(\N=C(/C)c1ccc2cnc(NC(=O)c3ccnc(N4CCN(C)CC4)c3)cc2n1)NC(C)C. The van der Waals surface area contributed by atoms with Gasteiger partial charge in [-0.05, 0) is 58.8 Å². The summed E-state index contributed by atoms with van der Waals surface area (Å²) < 4.78 is 0. The zero-order valence-electron chi connectivity index (χ0n) is 21.8. The summed E-state index contributed by atoms with van der Waals surface area (Å²) in [6.07, 6.45) is 4.95. The van der Waals surface area contributed by atoms with Crippen molar-refractivity contribution in [3.8, 4) is 0 Å². The van der Waals surface area contributed by atoms with Gasteiger partial charge in [-0.3, -0.25) is 9.79 Å². The average molecular weight is 500 g/mol. The molecule has 3 aromatic rings. The Morgan fingerprint density at radius 3 is 2.65 bits per heavy atom. The van der Waals surface area contributed by atoms with E-state index >= 15 is 0 Å². The van der Waals surface area contributed by atoms with Crippen LogP contribution in [0, 0.1) is 0 Å². The van der Waals surface area contributed by atoms with Crippen molar-refractivity contribution in [3.63, 3.8) is 0 Å². The third kappa shape index (κ3) is 6.73. The van der Waals surface area contributed by atoms with Crippen LogP contribution in [0.1, 0.15) is 36.8 Å². The molecule has 1 aliphatic rings. The summed E-state index contributed by atoms with van der Waals surface area (Å²) in [4.78, 5) is 39.5. The van der Waals surface area contributed by atoms with Crippen molar-refractivity contribution < 1.29 is 4.79 Å². The zero-order valence-corrected chi connectivity index (χ0v) is 21.8. The summed E-state index contributed by atoms with van der Waals surface area (Å²) in [5, 5.41) is 6.99. The predicted molar refractivity (Wildman–Crippen MR) is 150 cm³/mol. The Labute approximate surface area is 217 Å². The van der Waals surface area contributed by atoms with E-state index in [0.29, 0.717) is 28.4 Å². The van der Waals surface area contributed by atoms with Crippen LogP contribution in [0.5, 0.6) is 0 Å². The molecule has 10 nitrogen and oxygen atoms in total. The van der Waals surface area contributed by atoms with Crippen LogP contribution < -0.4 is 15.5 Å². The standard InChI is InChI=1S/C27H33N9O/c1-18(2)31-25(17-28-4)32-19(3)22-7-6-21-16-30-24(15-23(21)33-22)34-27(37)20-8-9-29-26(14-20)36-12-10-35(5)11-13-36/h6-9,14-18,31H,4,10-13H2,1-3,5H3,(H,30,34,37)/b25-17-,32-19+. The van der Waals surface area contributed by atoms with E-state index in [9.17, 15) is 4.79 Å². The lowest BCUT2D eigenvalue weighted by atomic mass is 10.2. The number of nitrogens with zero attached hydrogens (tertiary/aromatic N) is 7. The maximum absolute atomic E-state index is 13.0. The molecule has 3 aromatic heterocycles. The second-order valence-electron chi connectivity index (χ2n) is 9.30. The van der Waals surface area contributed by atoms with E-state index in [1.54, 1.807) is 30.7 Å². The molecule has 10 heteroatoms. The van der Waals surface area contributed by atoms with E-state index in [1.807, 2.05) is 39.0 Å². The van der Waals surface area contributed by atoms with Gasteiger partial charge >= 0.3 is 0 Å². The number of anilines is 2. The number of nitrogens with one attached hydrogen (secondary N) is 2. The van der Waals surface area contributed by atoms with Gasteiger partial charge in [0.15, 0.2) is 0 Å². The molecule has 37 heavy (non-hydrogen) atoms. The lowest BCUT2D eigenvalue weighted by Gasteiger charge is -2.33. The Balaban J connectivity index is 1.52. The highest BCUT2D eigenvalue weighted by Crippen LogP contribution is 2.19. The van der Waals surface area contributed by atoms with Gasteiger partial charge in [-0.15, -0.1) is 0 Å². The maximum atomic E-state index is 13.0. The molecular weight excluding hydrogens is 466 g/mol. The summed E-state index contributed by atoms with van der Waals surface area (Å²) in [6.45, 7) is 13.2. The van der Waals surface area contributed by atoms with Crippen molar-refractivity contribution in [3.05, 3.63) is 66.0 Å². The zero-order chi connectivity index (χ0) is 26.4. The molecule has 2 N–H and O–H groups in total. The summed E-state index contributed by atoms with van der Waals surface area (Å²) >= 11 is 0. The molecule has 0 unspecified atom stereocenters. The molecule has 4 heterocycles. The fraction of sp³-hybridized carbons (Fsp3) is 0.333. The van der Waals surface area contributed by atoms with Gasteiger partial charge in [-0.2, -0.15) is 0 Å². The third-order valence-corrected chi connectivity index (χ3v) is 5.96. The summed E-state index contributed by atoms with van der Waals surface area (Å²) in [7, 11) is 2.11. The number of piperazine rings is 1. The number of carbonyl (C=O) groups excluding carboxylic acids is 1. The van der Waals surface area contributed by atoms with Gasteiger partial charge in [0.1, 0.15) is 17.5 Å². The Hall–Kier alpha value is -4.18. The topological polar surface area (TPSA) is 111 Å². The van der Waals surface area contributed by atoms with Gasteiger partial charge in [0, 0.05) is 61.6 Å². The predicted octanol–water partition coefficient (Wildman–Crippen LogP) is 3.34. The van der Waals surface area contributed by atoms with Crippen LogP contribution in [0.15, 0.2) is 64.7 Å². The highest BCUT2D eigenvalue weighted by atomic mass is 16.1. The first kappa shape index (κ1) is 25.9. The highest BCUT2D eigenvalue weighted by Gasteiger charge is 2.17. The molecule has 4 rings (SSSR count). The third-order valence-electron chi connectivity index (χ3n) is 5.96. The van der Waals surface area contributed by atoms with Crippen LogP contribution in [0.25, 0.3) is 10.9 Å². The van der Waals surface area contributed by atoms with Crippen LogP contribution in [-0.4, -0.2) is 77.5 Å². The lowest BCUT2D eigenvalue weighted by molar-refractivity contribution is 0.102. The van der Waals surface area contributed by atoms with Crippen molar-refractivity contribution in [1.82, 2.24) is 25.2 Å². The first-order valence-electron chi connectivity index (χ1n) is 12.3. The Bertz CT molecular complexity index is 1340. The Morgan fingerprint density at radius 2 is 1.92 bits per heavy atom. The fourth-order valence-electron chi connectivity index (χ4n) is 3.96. The second kappa shape index (κ2) is 11.7. The van der Waals surface area contributed by atoms with Gasteiger partial charge in [0.05, 0.1) is 23.1 Å². The molecule has 0 spiro atoms. The monoisotopic (exact) mass is 499 g/mol. The summed E-state index contributed by atoms with van der Waals surface area (Å²) in [5.41, 5.74) is 2.67. The molecule has 0 radical (unpaired) electrons. The largest absolute Gasteiger partial charge is 0.367 e. The van der Waals surface area contributed by atoms with Gasteiger partial charge in [0.2, 0.25) is 0 Å². The minimum absolute atomic E-state index is 0.199. The lowest BCUT2D eigenvalue weighted by Crippen LogP contribution is -2.44. The van der Waals surface area contributed by atoms with Gasteiger partial charge in [-0.1, -0.05) is 0 Å². The van der Waals surface area contributed by atoms with Gasteiger partial charge in [0.25, 0.3) is 5.91 Å². The molecule has 0 aromatic carbocycles. The molecule has 1 aliphatic heterocycles. The highest BCUT2D eigenvalue weighted by molar-refractivity contribution is 6.05. The van der Waals surface area contributed by atoms with E-state index in [2.05, 4.69) is 54.2 Å². The number of amides is 1. The van der Waals surface area contributed by atoms with Crippen molar-refractivity contribution in [2.45, 2.75) is 26.8 Å². The van der Waals surface area contributed by atoms with E-state index in [-0.39, 0.29) is 11.9 Å². The minimum atomic E-state index is -0.245. The number of carbonyl (C=O) groups is 1. The minimum Gasteiger partial charge on any atom is -0.367 e. The summed E-state index contributed by atoms with van der Waals surface area (Å²) in [6, 6.07) is 9.33. The van der Waals surface area contributed by atoms with Crippen molar-refractivity contribution >= 4 is 40.9 Å². The fourth-order valence-corrected chi connectivity index (χ4v) is 3.96. The van der Waals surface area contributed by atoms with Crippen molar-refractivity contribution in [1.29, 1.82) is 0 Å². The molecule has 1 fully saturated rings.